The van der Waals surface area contributed by atoms with E-state index in [2.05, 4.69) is 15.5 Å². The Kier molecular flexibility index (Phi) is 6.11. The Morgan fingerprint density at radius 2 is 1.81 bits per heavy atom. The summed E-state index contributed by atoms with van der Waals surface area (Å²) in [5, 5.41) is 7.15. The van der Waals surface area contributed by atoms with Gasteiger partial charge in [-0.05, 0) is 58.4 Å². The van der Waals surface area contributed by atoms with Crippen LogP contribution in [0.5, 0.6) is 0 Å². The van der Waals surface area contributed by atoms with E-state index in [1.807, 2.05) is 52.0 Å². The Labute approximate surface area is 184 Å². The molecule has 0 spiro atoms. The van der Waals surface area contributed by atoms with Gasteiger partial charge in [0, 0.05) is 36.0 Å². The molecule has 3 heterocycles. The van der Waals surface area contributed by atoms with Gasteiger partial charge >= 0.3 is 0 Å². The lowest BCUT2D eigenvalue weighted by molar-refractivity contribution is -0.125. The summed E-state index contributed by atoms with van der Waals surface area (Å²) in [5.74, 6) is 1.27. The highest BCUT2D eigenvalue weighted by Crippen LogP contribution is 2.38. The number of piperidine rings is 1. The fraction of sp³-hybridized carbons (Fsp3) is 0.600. The number of carbonyl (C=O) groups is 2. The maximum atomic E-state index is 13.0. The van der Waals surface area contributed by atoms with Gasteiger partial charge in [0.05, 0.1) is 12.1 Å². The molecule has 2 amide bonds. The van der Waals surface area contributed by atoms with E-state index in [1.165, 1.54) is 0 Å². The lowest BCUT2D eigenvalue weighted by atomic mass is 9.90. The molecule has 2 saturated heterocycles. The summed E-state index contributed by atoms with van der Waals surface area (Å²) in [6.45, 7) is 9.21. The molecule has 6 heteroatoms. The van der Waals surface area contributed by atoms with Crippen molar-refractivity contribution >= 4 is 22.8 Å². The highest BCUT2D eigenvalue weighted by atomic mass is 16.3. The first-order chi connectivity index (χ1) is 14.7. The van der Waals surface area contributed by atoms with Gasteiger partial charge in [-0.3, -0.25) is 14.5 Å². The minimum absolute atomic E-state index is 0.0406. The Bertz CT molecular complexity index is 945. The van der Waals surface area contributed by atoms with Crippen molar-refractivity contribution in [2.75, 3.05) is 13.1 Å². The van der Waals surface area contributed by atoms with E-state index >= 15 is 0 Å². The minimum atomic E-state index is -0.201. The lowest BCUT2D eigenvalue weighted by Gasteiger charge is -2.39. The zero-order chi connectivity index (χ0) is 22.2. The molecule has 0 aliphatic carbocycles. The van der Waals surface area contributed by atoms with Crippen LogP contribution in [0.4, 0.5) is 0 Å². The summed E-state index contributed by atoms with van der Waals surface area (Å²) in [6.07, 6.45) is 5.05. The van der Waals surface area contributed by atoms with Crippen molar-refractivity contribution in [2.24, 2.45) is 5.92 Å². The molecule has 2 N–H and O–H groups in total. The fourth-order valence-electron chi connectivity index (χ4n) is 5.35. The van der Waals surface area contributed by atoms with Crippen LogP contribution < -0.4 is 10.6 Å². The Morgan fingerprint density at radius 3 is 2.45 bits per heavy atom. The number of furan rings is 1. The fourth-order valence-corrected chi connectivity index (χ4v) is 5.35. The number of hydrogen-bond donors (Lipinski definition) is 2. The topological polar surface area (TPSA) is 74.6 Å². The summed E-state index contributed by atoms with van der Waals surface area (Å²) in [4.78, 5) is 27.8. The molecule has 3 atom stereocenters. The number of carbonyl (C=O) groups excluding carboxylic acids is 2. The van der Waals surface area contributed by atoms with Crippen LogP contribution in [0.15, 0.2) is 28.7 Å². The number of para-hydroxylation sites is 1. The largest absolute Gasteiger partial charge is 0.460 e. The highest BCUT2D eigenvalue weighted by Gasteiger charge is 2.41. The molecule has 1 aromatic carbocycles. The predicted octanol–water partition coefficient (Wildman–Crippen LogP) is 3.88. The van der Waals surface area contributed by atoms with Crippen molar-refractivity contribution in [3.63, 3.8) is 0 Å². The van der Waals surface area contributed by atoms with Crippen molar-refractivity contribution in [1.29, 1.82) is 0 Å². The van der Waals surface area contributed by atoms with Crippen LogP contribution in [0.3, 0.4) is 0 Å². The van der Waals surface area contributed by atoms with E-state index in [9.17, 15) is 9.59 Å². The van der Waals surface area contributed by atoms with Gasteiger partial charge in [0.1, 0.15) is 11.3 Å². The first-order valence-corrected chi connectivity index (χ1v) is 11.6. The molecule has 0 saturated carbocycles. The molecule has 2 aliphatic heterocycles. The monoisotopic (exact) mass is 425 g/mol. The molecule has 168 valence electrons. The smallest absolute Gasteiger partial charge is 0.255 e. The van der Waals surface area contributed by atoms with Crippen molar-refractivity contribution in [1.82, 2.24) is 15.5 Å². The van der Waals surface area contributed by atoms with E-state index in [0.29, 0.717) is 43.1 Å². The minimum Gasteiger partial charge on any atom is -0.460 e. The molecule has 31 heavy (non-hydrogen) atoms. The Hall–Kier alpha value is -2.34. The van der Waals surface area contributed by atoms with Crippen molar-refractivity contribution < 1.29 is 14.0 Å². The predicted molar refractivity (Wildman–Crippen MR) is 122 cm³/mol. The third-order valence-corrected chi connectivity index (χ3v) is 6.59. The van der Waals surface area contributed by atoms with Gasteiger partial charge in [0.2, 0.25) is 5.91 Å². The zero-order valence-corrected chi connectivity index (χ0v) is 19.2. The van der Waals surface area contributed by atoms with Crippen LogP contribution in [0.2, 0.25) is 0 Å². The van der Waals surface area contributed by atoms with Crippen LogP contribution in [0.1, 0.15) is 69.5 Å². The molecule has 4 rings (SSSR count). The second-order valence-corrected chi connectivity index (χ2v) is 10.2. The number of fused-ring (bicyclic) bond motifs is 3. The number of amides is 2. The van der Waals surface area contributed by atoms with Gasteiger partial charge < -0.3 is 15.1 Å². The summed E-state index contributed by atoms with van der Waals surface area (Å²) in [7, 11) is 0. The van der Waals surface area contributed by atoms with Gasteiger partial charge in [-0.1, -0.05) is 25.1 Å². The lowest BCUT2D eigenvalue weighted by Crippen LogP contribution is -2.52. The quantitative estimate of drug-likeness (QED) is 0.737. The number of nitrogens with one attached hydrogen (secondary N) is 2. The van der Waals surface area contributed by atoms with Gasteiger partial charge in [0.15, 0.2) is 0 Å². The van der Waals surface area contributed by atoms with E-state index in [1.54, 1.807) is 0 Å². The van der Waals surface area contributed by atoms with Gasteiger partial charge in [0.25, 0.3) is 5.91 Å². The van der Waals surface area contributed by atoms with E-state index in [4.69, 9.17) is 4.42 Å². The van der Waals surface area contributed by atoms with E-state index < -0.39 is 0 Å². The molecule has 2 bridgehead atoms. The third-order valence-electron chi connectivity index (χ3n) is 6.59. The number of nitrogens with zero attached hydrogens (tertiary/aromatic N) is 1. The Balaban J connectivity index is 1.35. The summed E-state index contributed by atoms with van der Waals surface area (Å²) in [5.41, 5.74) is 1.25. The van der Waals surface area contributed by atoms with Crippen LogP contribution in [-0.2, 0) is 11.2 Å². The van der Waals surface area contributed by atoms with Crippen LogP contribution in [-0.4, -0.2) is 47.4 Å². The van der Waals surface area contributed by atoms with Gasteiger partial charge in [-0.2, -0.15) is 0 Å². The van der Waals surface area contributed by atoms with Gasteiger partial charge in [-0.25, -0.2) is 0 Å². The molecule has 1 aromatic heterocycles. The SMILES string of the molecule is CCc1oc2ccccc2c1C(=O)NC[C@@H]1C[C@H]2CC[C@@H](C1)N2CC(=O)NC(C)(C)C. The van der Waals surface area contributed by atoms with Crippen molar-refractivity contribution in [3.8, 4) is 0 Å². The molecule has 2 aromatic rings. The van der Waals surface area contributed by atoms with E-state index in [0.717, 1.165) is 42.4 Å². The number of rotatable bonds is 6. The van der Waals surface area contributed by atoms with Gasteiger partial charge in [-0.15, -0.1) is 0 Å². The first-order valence-electron chi connectivity index (χ1n) is 11.6. The zero-order valence-electron chi connectivity index (χ0n) is 19.2. The molecule has 0 unspecified atom stereocenters. The standard InChI is InChI=1S/C25H35N3O3/c1-5-20-23(19-8-6-7-9-21(19)31-20)24(30)26-14-16-12-17-10-11-18(13-16)28(17)15-22(29)27-25(2,3)4/h6-9,16-18H,5,10-15H2,1-4H3,(H,26,30)(H,27,29)/t16-,17-,18+. The van der Waals surface area contributed by atoms with Crippen molar-refractivity contribution in [3.05, 3.63) is 35.6 Å². The molecule has 2 aliphatic rings. The average molecular weight is 426 g/mol. The maximum absolute atomic E-state index is 13.0. The summed E-state index contributed by atoms with van der Waals surface area (Å²) < 4.78 is 5.89. The first kappa shape index (κ1) is 21.9. The second-order valence-electron chi connectivity index (χ2n) is 10.2. The molecule has 6 nitrogen and oxygen atoms in total. The second kappa shape index (κ2) is 8.65. The molecular formula is C25H35N3O3. The Morgan fingerprint density at radius 1 is 1.13 bits per heavy atom. The highest BCUT2D eigenvalue weighted by molar-refractivity contribution is 6.07. The maximum Gasteiger partial charge on any atom is 0.255 e. The third kappa shape index (κ3) is 4.79. The number of aryl methyl sites for hydroxylation is 1. The summed E-state index contributed by atoms with van der Waals surface area (Å²) in [6, 6.07) is 8.61. The normalized spacial score (nSPS) is 23.8. The van der Waals surface area contributed by atoms with E-state index in [-0.39, 0.29) is 17.4 Å². The number of hydrogen-bond acceptors (Lipinski definition) is 4. The average Bonchev–Trinajstić information content (AvgIpc) is 3.18. The summed E-state index contributed by atoms with van der Waals surface area (Å²) >= 11 is 0. The van der Waals surface area contributed by atoms with Crippen LogP contribution in [0, 0.1) is 5.92 Å². The molecular weight excluding hydrogens is 390 g/mol. The molecule has 0 radical (unpaired) electrons. The van der Waals surface area contributed by atoms with Crippen molar-refractivity contribution in [2.45, 2.75) is 77.4 Å². The molecule has 2 fully saturated rings. The van der Waals surface area contributed by atoms with Crippen LogP contribution >= 0.6 is 0 Å². The van der Waals surface area contributed by atoms with Crippen LogP contribution in [0.25, 0.3) is 11.0 Å². The number of benzene rings is 1.